The van der Waals surface area contributed by atoms with Gasteiger partial charge in [-0.15, -0.1) is 0 Å². The summed E-state index contributed by atoms with van der Waals surface area (Å²) < 4.78 is 0. The number of aryl methyl sites for hydroxylation is 1. The van der Waals surface area contributed by atoms with E-state index in [1.165, 1.54) is 30.4 Å². The van der Waals surface area contributed by atoms with Gasteiger partial charge in [0.15, 0.2) is 0 Å². The fourth-order valence-electron chi connectivity index (χ4n) is 3.19. The Balaban J connectivity index is 1.74. The molecule has 1 aliphatic carbocycles. The second-order valence-electron chi connectivity index (χ2n) is 5.64. The Labute approximate surface area is 114 Å². The number of hydrogen-bond acceptors (Lipinski definition) is 2. The summed E-state index contributed by atoms with van der Waals surface area (Å²) in [5.74, 6) is 0.138. The highest BCUT2D eigenvalue weighted by atomic mass is 16.2. The third-order valence-electron chi connectivity index (χ3n) is 4.28. The zero-order valence-corrected chi connectivity index (χ0v) is 11.4. The number of carbonyl (C=O) groups excluding carboxylic acids is 1. The highest BCUT2D eigenvalue weighted by Gasteiger charge is 2.22. The summed E-state index contributed by atoms with van der Waals surface area (Å²) >= 11 is 0. The molecule has 1 aliphatic heterocycles. The minimum Gasteiger partial charge on any atom is -0.324 e. The van der Waals surface area contributed by atoms with Gasteiger partial charge in [-0.25, -0.2) is 0 Å². The van der Waals surface area contributed by atoms with E-state index < -0.39 is 0 Å². The molecule has 0 spiro atoms. The van der Waals surface area contributed by atoms with Crippen molar-refractivity contribution in [3.8, 4) is 0 Å². The zero-order chi connectivity index (χ0) is 13.1. The van der Waals surface area contributed by atoms with Crippen LogP contribution in [0.5, 0.6) is 0 Å². The molecule has 0 bridgehead atoms. The third-order valence-corrected chi connectivity index (χ3v) is 4.28. The van der Waals surface area contributed by atoms with E-state index in [9.17, 15) is 4.79 Å². The summed E-state index contributed by atoms with van der Waals surface area (Å²) in [6, 6.07) is 6.30. The summed E-state index contributed by atoms with van der Waals surface area (Å²) in [7, 11) is 0. The van der Waals surface area contributed by atoms with Crippen LogP contribution in [0.15, 0.2) is 18.2 Å². The van der Waals surface area contributed by atoms with Gasteiger partial charge in [0.1, 0.15) is 0 Å². The largest absolute Gasteiger partial charge is 0.324 e. The van der Waals surface area contributed by atoms with Crippen molar-refractivity contribution in [3.05, 3.63) is 29.3 Å². The van der Waals surface area contributed by atoms with Gasteiger partial charge in [-0.3, -0.25) is 4.79 Å². The predicted molar refractivity (Wildman–Crippen MR) is 77.4 cm³/mol. The summed E-state index contributed by atoms with van der Waals surface area (Å²) in [5, 5.41) is 6.45. The summed E-state index contributed by atoms with van der Waals surface area (Å²) in [4.78, 5) is 12.3. The van der Waals surface area contributed by atoms with Crippen molar-refractivity contribution in [3.63, 3.8) is 0 Å². The third kappa shape index (κ3) is 2.81. The average Bonchev–Trinajstić information content (AvgIpc) is 2.48. The van der Waals surface area contributed by atoms with Gasteiger partial charge in [-0.1, -0.05) is 18.6 Å². The number of anilines is 1. The zero-order valence-electron chi connectivity index (χ0n) is 11.4. The molecule has 2 aliphatic rings. The lowest BCUT2D eigenvalue weighted by Gasteiger charge is -2.24. The fourth-order valence-corrected chi connectivity index (χ4v) is 3.19. The molecule has 1 saturated heterocycles. The molecular formula is C16H22N2O. The van der Waals surface area contributed by atoms with Crippen molar-refractivity contribution >= 4 is 11.6 Å². The monoisotopic (exact) mass is 258 g/mol. The van der Waals surface area contributed by atoms with Gasteiger partial charge < -0.3 is 10.6 Å². The van der Waals surface area contributed by atoms with Crippen LogP contribution in [0.25, 0.3) is 0 Å². The van der Waals surface area contributed by atoms with Crippen LogP contribution < -0.4 is 10.6 Å². The Morgan fingerprint density at radius 2 is 2.05 bits per heavy atom. The number of benzene rings is 1. The normalized spacial score (nSPS) is 22.6. The lowest BCUT2D eigenvalue weighted by Crippen LogP contribution is -2.43. The number of nitrogens with one attached hydrogen (secondary N) is 2. The Bertz CT molecular complexity index is 464. The Kier molecular flexibility index (Phi) is 3.83. The number of piperidine rings is 1. The summed E-state index contributed by atoms with van der Waals surface area (Å²) in [6.07, 6.45) is 8.06. The maximum absolute atomic E-state index is 12.3. The second kappa shape index (κ2) is 5.74. The first-order valence-corrected chi connectivity index (χ1v) is 7.49. The summed E-state index contributed by atoms with van der Waals surface area (Å²) in [6.45, 7) is 0.963. The van der Waals surface area contributed by atoms with E-state index in [0.717, 1.165) is 37.9 Å². The van der Waals surface area contributed by atoms with Gasteiger partial charge in [0.2, 0.25) is 5.91 Å². The molecule has 0 aromatic heterocycles. The molecule has 1 heterocycles. The van der Waals surface area contributed by atoms with Crippen LogP contribution in [0.3, 0.4) is 0 Å². The van der Waals surface area contributed by atoms with Gasteiger partial charge >= 0.3 is 0 Å². The SMILES string of the molecule is O=C(Nc1cccc2c1CCCC2)[C@@H]1CCCCN1. The number of fused-ring (bicyclic) bond motifs is 1. The number of carbonyl (C=O) groups is 1. The molecule has 3 heteroatoms. The molecule has 1 amide bonds. The minimum absolute atomic E-state index is 0.00630. The molecule has 3 rings (SSSR count). The first-order chi connectivity index (χ1) is 9.34. The number of amides is 1. The molecule has 1 aromatic rings. The van der Waals surface area contributed by atoms with Crippen molar-refractivity contribution in [2.24, 2.45) is 0 Å². The highest BCUT2D eigenvalue weighted by molar-refractivity contribution is 5.95. The topological polar surface area (TPSA) is 41.1 Å². The van der Waals surface area contributed by atoms with Crippen LogP contribution in [0, 0.1) is 0 Å². The van der Waals surface area contributed by atoms with Crippen LogP contribution in [0.2, 0.25) is 0 Å². The molecule has 19 heavy (non-hydrogen) atoms. The van der Waals surface area contributed by atoms with Crippen LogP contribution in [0.4, 0.5) is 5.69 Å². The highest BCUT2D eigenvalue weighted by Crippen LogP contribution is 2.28. The molecule has 102 valence electrons. The van der Waals surface area contributed by atoms with Crippen molar-refractivity contribution in [2.75, 3.05) is 11.9 Å². The molecule has 0 unspecified atom stereocenters. The molecule has 1 aromatic carbocycles. The lowest BCUT2D eigenvalue weighted by atomic mass is 9.90. The molecule has 1 atom stereocenters. The van der Waals surface area contributed by atoms with E-state index >= 15 is 0 Å². The fraction of sp³-hybridized carbons (Fsp3) is 0.562. The van der Waals surface area contributed by atoms with Crippen LogP contribution in [0.1, 0.15) is 43.2 Å². The molecular weight excluding hydrogens is 236 g/mol. The van der Waals surface area contributed by atoms with Gasteiger partial charge in [0.25, 0.3) is 0 Å². The minimum atomic E-state index is -0.00630. The van der Waals surface area contributed by atoms with Crippen molar-refractivity contribution in [1.82, 2.24) is 5.32 Å². The second-order valence-corrected chi connectivity index (χ2v) is 5.64. The first-order valence-electron chi connectivity index (χ1n) is 7.49. The maximum Gasteiger partial charge on any atom is 0.241 e. The van der Waals surface area contributed by atoms with E-state index in [-0.39, 0.29) is 11.9 Å². The summed E-state index contributed by atoms with van der Waals surface area (Å²) in [5.41, 5.74) is 3.81. The Hall–Kier alpha value is -1.35. The smallest absolute Gasteiger partial charge is 0.241 e. The molecule has 1 fully saturated rings. The van der Waals surface area contributed by atoms with E-state index in [0.29, 0.717) is 0 Å². The van der Waals surface area contributed by atoms with Crippen LogP contribution >= 0.6 is 0 Å². The quantitative estimate of drug-likeness (QED) is 0.856. The van der Waals surface area contributed by atoms with Crippen molar-refractivity contribution < 1.29 is 4.79 Å². The van der Waals surface area contributed by atoms with Crippen LogP contribution in [-0.4, -0.2) is 18.5 Å². The van der Waals surface area contributed by atoms with Gasteiger partial charge in [0.05, 0.1) is 6.04 Å². The number of hydrogen-bond donors (Lipinski definition) is 2. The molecule has 0 radical (unpaired) electrons. The van der Waals surface area contributed by atoms with E-state index in [4.69, 9.17) is 0 Å². The van der Waals surface area contributed by atoms with Gasteiger partial charge in [-0.2, -0.15) is 0 Å². The van der Waals surface area contributed by atoms with E-state index in [1.807, 2.05) is 6.07 Å². The van der Waals surface area contributed by atoms with Crippen LogP contribution in [-0.2, 0) is 17.6 Å². The predicted octanol–water partition coefficient (Wildman–Crippen LogP) is 2.65. The molecule has 2 N–H and O–H groups in total. The van der Waals surface area contributed by atoms with E-state index in [1.54, 1.807) is 0 Å². The number of rotatable bonds is 2. The maximum atomic E-state index is 12.3. The lowest BCUT2D eigenvalue weighted by molar-refractivity contribution is -0.118. The van der Waals surface area contributed by atoms with Gasteiger partial charge in [-0.05, 0) is 62.3 Å². The van der Waals surface area contributed by atoms with Crippen molar-refractivity contribution in [2.45, 2.75) is 51.0 Å². The Morgan fingerprint density at radius 1 is 1.16 bits per heavy atom. The Morgan fingerprint density at radius 3 is 2.89 bits per heavy atom. The molecule has 0 saturated carbocycles. The standard InChI is InChI=1S/C16H22N2O/c19-16(15-9-3-4-11-17-15)18-14-10-5-7-12-6-1-2-8-13(12)14/h5,7,10,15,17H,1-4,6,8-9,11H2,(H,18,19)/t15-/m0/s1. The van der Waals surface area contributed by atoms with Crippen molar-refractivity contribution in [1.29, 1.82) is 0 Å². The average molecular weight is 258 g/mol. The van der Waals surface area contributed by atoms with E-state index in [2.05, 4.69) is 22.8 Å². The van der Waals surface area contributed by atoms with Gasteiger partial charge in [0, 0.05) is 5.69 Å². The molecule has 3 nitrogen and oxygen atoms in total. The first kappa shape index (κ1) is 12.7.